The van der Waals surface area contributed by atoms with E-state index in [-0.39, 0.29) is 31.4 Å². The highest BCUT2D eigenvalue weighted by Gasteiger charge is 2.44. The molecule has 36 heavy (non-hydrogen) atoms. The minimum absolute atomic E-state index is 0.0869. The van der Waals surface area contributed by atoms with Crippen molar-refractivity contribution in [1.82, 2.24) is 5.32 Å². The van der Waals surface area contributed by atoms with Crippen LogP contribution >= 0.6 is 46.6 Å². The molecule has 0 aromatic heterocycles. The van der Waals surface area contributed by atoms with E-state index in [1.165, 1.54) is 0 Å². The lowest BCUT2D eigenvalue weighted by Gasteiger charge is -2.31. The predicted molar refractivity (Wildman–Crippen MR) is 139 cm³/mol. The van der Waals surface area contributed by atoms with Crippen LogP contribution < -0.4 is 15.4 Å². The van der Waals surface area contributed by atoms with E-state index < -0.39 is 29.6 Å². The van der Waals surface area contributed by atoms with Crippen LogP contribution in [-0.2, 0) is 19.1 Å². The summed E-state index contributed by atoms with van der Waals surface area (Å²) in [5.41, 5.74) is 0.854. The van der Waals surface area contributed by atoms with E-state index >= 15 is 0 Å². The van der Waals surface area contributed by atoms with E-state index in [4.69, 9.17) is 44.3 Å². The molecular weight excluding hydrogens is 549 g/mol. The van der Waals surface area contributed by atoms with Crippen LogP contribution in [0.1, 0.15) is 18.4 Å². The van der Waals surface area contributed by atoms with Gasteiger partial charge in [-0.2, -0.15) is 5.26 Å². The maximum absolute atomic E-state index is 13.0. The normalized spacial score (nSPS) is 17.2. The average molecular weight is 569 g/mol. The first kappa shape index (κ1) is 27.7. The molecule has 2 atom stereocenters. The van der Waals surface area contributed by atoms with Gasteiger partial charge in [0, 0.05) is 5.92 Å². The number of amides is 2. The van der Waals surface area contributed by atoms with Crippen molar-refractivity contribution in [3.63, 3.8) is 0 Å². The Morgan fingerprint density at radius 3 is 2.58 bits per heavy atom. The first-order valence-corrected chi connectivity index (χ1v) is 12.7. The Hall–Kier alpha value is -2.90. The van der Waals surface area contributed by atoms with Gasteiger partial charge in [0.15, 0.2) is 0 Å². The molecule has 2 aromatic rings. The summed E-state index contributed by atoms with van der Waals surface area (Å²) in [7, 11) is 1.16. The number of nitrogens with zero attached hydrogens (tertiary/aromatic N) is 1. The molecule has 1 aliphatic heterocycles. The summed E-state index contributed by atoms with van der Waals surface area (Å²) >= 11 is 19.4. The number of methoxy groups -OCH3 is 1. The van der Waals surface area contributed by atoms with E-state index in [2.05, 4.69) is 16.7 Å². The quantitative estimate of drug-likeness (QED) is 0.334. The monoisotopic (exact) mass is 567 g/mol. The first-order chi connectivity index (χ1) is 17.2. The zero-order valence-corrected chi connectivity index (χ0v) is 22.1. The minimum atomic E-state index is -1.33. The highest BCUT2D eigenvalue weighted by atomic mass is 35.5. The third kappa shape index (κ3) is 6.08. The summed E-state index contributed by atoms with van der Waals surface area (Å²) in [6.07, 6.45) is 0. The van der Waals surface area contributed by atoms with Crippen LogP contribution in [0.2, 0.25) is 15.1 Å². The number of ether oxygens (including phenoxy) is 2. The molecule has 12 heteroatoms. The smallest absolute Gasteiger partial charge is 0.319 e. The van der Waals surface area contributed by atoms with Gasteiger partial charge in [-0.25, -0.2) is 0 Å². The Bertz CT molecular complexity index is 1280. The number of anilines is 1. The molecule has 0 spiro atoms. The molecule has 3 rings (SSSR count). The van der Waals surface area contributed by atoms with Gasteiger partial charge in [-0.3, -0.25) is 14.4 Å². The number of esters is 1. The SMILES string of the molecule is CCOc1ccc([C@H]2C(C#N)=C(SCC(=O)Nc3cccc(Cl)c3Cl)NC(=O)[C@H]2C(=O)OC)cc1Cl. The van der Waals surface area contributed by atoms with Crippen LogP contribution in [0.3, 0.4) is 0 Å². The molecule has 1 aliphatic rings. The Balaban J connectivity index is 1.93. The van der Waals surface area contributed by atoms with Crippen molar-refractivity contribution in [2.24, 2.45) is 5.92 Å². The third-order valence-corrected chi connectivity index (χ3v) is 7.30. The standard InChI is InChI=1S/C24H20Cl3N3O5S/c1-3-35-17-8-7-12(9-15(17)26)19-13(10-28)23(30-22(32)20(19)24(33)34-2)36-11-18(31)29-16-6-4-5-14(25)21(16)27/h4-9,19-20H,3,11H2,1-2H3,(H,29,31)(H,30,32)/t19-,20-/m0/s1. The highest BCUT2D eigenvalue weighted by Crippen LogP contribution is 2.42. The molecule has 0 fully saturated rings. The van der Waals surface area contributed by atoms with E-state index in [9.17, 15) is 19.6 Å². The molecule has 2 amide bonds. The summed E-state index contributed by atoms with van der Waals surface area (Å²) in [6, 6.07) is 11.7. The number of nitriles is 1. The van der Waals surface area contributed by atoms with Gasteiger partial charge < -0.3 is 20.1 Å². The van der Waals surface area contributed by atoms with Crippen molar-refractivity contribution >= 4 is 70.0 Å². The van der Waals surface area contributed by atoms with Gasteiger partial charge in [0.05, 0.1) is 56.9 Å². The van der Waals surface area contributed by atoms with Gasteiger partial charge in [-0.15, -0.1) is 0 Å². The largest absolute Gasteiger partial charge is 0.492 e. The number of benzene rings is 2. The lowest BCUT2D eigenvalue weighted by atomic mass is 9.78. The van der Waals surface area contributed by atoms with E-state index in [1.807, 2.05) is 0 Å². The molecule has 188 valence electrons. The van der Waals surface area contributed by atoms with E-state index in [0.717, 1.165) is 18.9 Å². The number of halogens is 3. The van der Waals surface area contributed by atoms with Crippen LogP contribution in [0.15, 0.2) is 47.0 Å². The summed E-state index contributed by atoms with van der Waals surface area (Å²) < 4.78 is 10.3. The number of hydrogen-bond acceptors (Lipinski definition) is 7. The van der Waals surface area contributed by atoms with E-state index in [0.29, 0.717) is 23.6 Å². The van der Waals surface area contributed by atoms with Crippen LogP contribution in [-0.4, -0.2) is 37.3 Å². The molecule has 1 heterocycles. The zero-order valence-electron chi connectivity index (χ0n) is 19.1. The Labute approximate surface area is 226 Å². The molecule has 0 aliphatic carbocycles. The molecule has 2 N–H and O–H groups in total. The fourth-order valence-electron chi connectivity index (χ4n) is 3.59. The van der Waals surface area contributed by atoms with Crippen molar-refractivity contribution in [3.05, 3.63) is 67.6 Å². The lowest BCUT2D eigenvalue weighted by molar-refractivity contribution is -0.150. The number of allylic oxidation sites excluding steroid dienone is 1. The number of rotatable bonds is 8. The van der Waals surface area contributed by atoms with Crippen molar-refractivity contribution < 1.29 is 23.9 Å². The number of carbonyl (C=O) groups is 3. The number of carbonyl (C=O) groups excluding carboxylic acids is 3. The maximum Gasteiger partial charge on any atom is 0.319 e. The van der Waals surface area contributed by atoms with Gasteiger partial charge in [0.25, 0.3) is 0 Å². The predicted octanol–water partition coefficient (Wildman–Crippen LogP) is 5.16. The summed E-state index contributed by atoms with van der Waals surface area (Å²) in [4.78, 5) is 38.1. The number of thioether (sulfide) groups is 1. The molecule has 0 radical (unpaired) electrons. The highest BCUT2D eigenvalue weighted by molar-refractivity contribution is 8.03. The summed E-state index contributed by atoms with van der Waals surface area (Å²) in [5.74, 6) is -3.99. The number of nitrogens with one attached hydrogen (secondary N) is 2. The first-order valence-electron chi connectivity index (χ1n) is 10.5. The fourth-order valence-corrected chi connectivity index (χ4v) is 5.03. The van der Waals surface area contributed by atoms with Crippen molar-refractivity contribution in [2.45, 2.75) is 12.8 Å². The van der Waals surface area contributed by atoms with Gasteiger partial charge in [-0.1, -0.05) is 58.7 Å². The van der Waals surface area contributed by atoms with Crippen LogP contribution in [0.5, 0.6) is 5.75 Å². The van der Waals surface area contributed by atoms with Crippen molar-refractivity contribution in [2.75, 3.05) is 24.8 Å². The summed E-state index contributed by atoms with van der Waals surface area (Å²) in [5, 5.41) is 16.1. The van der Waals surface area contributed by atoms with Crippen LogP contribution in [0.4, 0.5) is 5.69 Å². The Kier molecular flexibility index (Phi) is 9.51. The second-order valence-electron chi connectivity index (χ2n) is 7.38. The molecular formula is C24H20Cl3N3O5S. The zero-order chi connectivity index (χ0) is 26.4. The molecule has 0 saturated heterocycles. The van der Waals surface area contributed by atoms with Crippen molar-refractivity contribution in [1.29, 1.82) is 5.26 Å². The summed E-state index contributed by atoms with van der Waals surface area (Å²) in [6.45, 7) is 2.20. The number of hydrogen-bond donors (Lipinski definition) is 2. The van der Waals surface area contributed by atoms with E-state index in [1.54, 1.807) is 43.3 Å². The molecule has 0 bridgehead atoms. The fraction of sp³-hybridized carbons (Fsp3) is 0.250. The second-order valence-corrected chi connectivity index (χ2v) is 9.56. The average Bonchev–Trinajstić information content (AvgIpc) is 2.86. The second kappa shape index (κ2) is 12.4. The molecule has 8 nitrogen and oxygen atoms in total. The van der Waals surface area contributed by atoms with Gasteiger partial charge in [0.1, 0.15) is 11.7 Å². The Morgan fingerprint density at radius 2 is 1.94 bits per heavy atom. The van der Waals surface area contributed by atoms with Gasteiger partial charge in [0.2, 0.25) is 11.8 Å². The molecule has 0 unspecified atom stereocenters. The minimum Gasteiger partial charge on any atom is -0.492 e. The molecule has 0 saturated carbocycles. The van der Waals surface area contributed by atoms with Gasteiger partial charge in [-0.05, 0) is 36.8 Å². The maximum atomic E-state index is 13.0. The lowest BCUT2D eigenvalue weighted by Crippen LogP contribution is -2.44. The van der Waals surface area contributed by atoms with Crippen LogP contribution in [0.25, 0.3) is 0 Å². The van der Waals surface area contributed by atoms with Gasteiger partial charge >= 0.3 is 5.97 Å². The van der Waals surface area contributed by atoms with Crippen LogP contribution in [0, 0.1) is 17.2 Å². The van der Waals surface area contributed by atoms with Crippen molar-refractivity contribution in [3.8, 4) is 11.8 Å². The Morgan fingerprint density at radius 1 is 1.19 bits per heavy atom. The molecule has 2 aromatic carbocycles. The topological polar surface area (TPSA) is 118 Å². The third-order valence-electron chi connectivity index (χ3n) is 5.17.